The maximum absolute atomic E-state index is 13.1. The van der Waals surface area contributed by atoms with Crippen LogP contribution in [0.1, 0.15) is 62.1 Å². The van der Waals surface area contributed by atoms with Crippen molar-refractivity contribution in [3.63, 3.8) is 0 Å². The Morgan fingerprint density at radius 3 is 2.93 bits per heavy atom. The molecule has 1 amide bonds. The zero-order valence-electron chi connectivity index (χ0n) is 15.9. The van der Waals surface area contributed by atoms with E-state index in [0.29, 0.717) is 18.7 Å². The van der Waals surface area contributed by atoms with Gasteiger partial charge in [0.1, 0.15) is 0 Å². The van der Waals surface area contributed by atoms with Crippen molar-refractivity contribution in [2.75, 3.05) is 6.54 Å². The SMILES string of the molecule is CCCC(=O)NCC1=c2c(c3c(c4c2=CC(=O)C4)[N+](=O)C2=C3CCCC2)C=N1. The van der Waals surface area contributed by atoms with E-state index in [4.69, 9.17) is 0 Å². The van der Waals surface area contributed by atoms with E-state index in [0.717, 1.165) is 81.0 Å². The number of carbonyl (C=O) groups excluding carboxylic acids is 2. The Hall–Kier alpha value is -2.89. The first-order valence-corrected chi connectivity index (χ1v) is 10.1. The van der Waals surface area contributed by atoms with Gasteiger partial charge in [-0.25, -0.2) is 0 Å². The van der Waals surface area contributed by atoms with Crippen molar-refractivity contribution in [1.82, 2.24) is 5.32 Å². The molecule has 0 bridgehead atoms. The van der Waals surface area contributed by atoms with Gasteiger partial charge in [-0.15, -0.1) is 0 Å². The van der Waals surface area contributed by atoms with E-state index in [1.807, 2.05) is 13.1 Å². The van der Waals surface area contributed by atoms with Crippen molar-refractivity contribution in [2.45, 2.75) is 51.9 Å². The average molecular weight is 376 g/mol. The second kappa shape index (κ2) is 6.33. The molecular weight excluding hydrogens is 354 g/mol. The predicted octanol–water partition coefficient (Wildman–Crippen LogP) is 1.76. The Morgan fingerprint density at radius 2 is 2.11 bits per heavy atom. The number of nitrogens with one attached hydrogen (secondary N) is 1. The van der Waals surface area contributed by atoms with E-state index in [1.54, 1.807) is 6.08 Å². The van der Waals surface area contributed by atoms with Gasteiger partial charge < -0.3 is 5.32 Å². The number of benzene rings is 1. The lowest BCUT2D eigenvalue weighted by Crippen LogP contribution is -2.35. The highest BCUT2D eigenvalue weighted by atomic mass is 16.3. The molecule has 5 rings (SSSR count). The van der Waals surface area contributed by atoms with Gasteiger partial charge in [-0.1, -0.05) is 6.92 Å². The number of hydrogen-bond donors (Lipinski definition) is 1. The summed E-state index contributed by atoms with van der Waals surface area (Å²) in [7, 11) is 0. The van der Waals surface area contributed by atoms with Crippen LogP contribution in [-0.2, 0) is 16.0 Å². The fourth-order valence-corrected chi connectivity index (χ4v) is 4.88. The van der Waals surface area contributed by atoms with Crippen LogP contribution in [0.2, 0.25) is 0 Å². The zero-order chi connectivity index (χ0) is 19.4. The van der Waals surface area contributed by atoms with Crippen LogP contribution in [0.3, 0.4) is 0 Å². The molecule has 0 fully saturated rings. The molecule has 142 valence electrons. The van der Waals surface area contributed by atoms with Gasteiger partial charge in [-0.2, -0.15) is 0 Å². The molecule has 2 heterocycles. The topological polar surface area (TPSA) is 78.6 Å². The number of nitroso groups, excluding NO2 is 1. The van der Waals surface area contributed by atoms with Crippen molar-refractivity contribution in [2.24, 2.45) is 4.99 Å². The summed E-state index contributed by atoms with van der Waals surface area (Å²) < 4.78 is 1.07. The van der Waals surface area contributed by atoms with Crippen molar-refractivity contribution in [3.8, 4) is 0 Å². The lowest BCUT2D eigenvalue weighted by molar-refractivity contribution is -0.406. The van der Waals surface area contributed by atoms with Gasteiger partial charge in [0.05, 0.1) is 22.6 Å². The minimum atomic E-state index is -0.000445. The Balaban J connectivity index is 1.73. The van der Waals surface area contributed by atoms with E-state index in [9.17, 15) is 14.5 Å². The predicted molar refractivity (Wildman–Crippen MR) is 106 cm³/mol. The summed E-state index contributed by atoms with van der Waals surface area (Å²) in [6.45, 7) is 2.30. The van der Waals surface area contributed by atoms with Crippen LogP contribution in [0, 0.1) is 4.91 Å². The smallest absolute Gasteiger partial charge is 0.275 e. The maximum Gasteiger partial charge on any atom is 0.275 e. The molecule has 2 aliphatic carbocycles. The van der Waals surface area contributed by atoms with Crippen LogP contribution in [0.5, 0.6) is 0 Å². The number of hydrogen-bond acceptors (Lipinski definition) is 4. The summed E-state index contributed by atoms with van der Waals surface area (Å²) in [6, 6.07) is 0. The molecule has 1 N–H and O–H groups in total. The number of rotatable bonds is 4. The molecule has 0 saturated carbocycles. The second-order valence-electron chi connectivity index (χ2n) is 7.85. The molecule has 0 saturated heterocycles. The Morgan fingerprint density at radius 1 is 1.29 bits per heavy atom. The molecule has 4 aliphatic rings. The molecule has 1 aromatic rings. The minimum absolute atomic E-state index is 0.000445. The third-order valence-corrected chi connectivity index (χ3v) is 6.07. The lowest BCUT2D eigenvalue weighted by Gasteiger charge is -2.09. The summed E-state index contributed by atoms with van der Waals surface area (Å²) in [4.78, 5) is 41.9. The van der Waals surface area contributed by atoms with Crippen molar-refractivity contribution >= 4 is 40.9 Å². The lowest BCUT2D eigenvalue weighted by atomic mass is 9.88. The number of Topliss-reactive ketones (excluding diaryl/α,β-unsaturated/α-hetero) is 1. The number of aliphatic imine (C=N–C) groups is 1. The van der Waals surface area contributed by atoms with Crippen LogP contribution in [0.25, 0.3) is 17.3 Å². The molecular formula is C22H22N3O3+. The van der Waals surface area contributed by atoms with Gasteiger partial charge in [0.25, 0.3) is 5.69 Å². The highest BCUT2D eigenvalue weighted by molar-refractivity contribution is 6.12. The first-order valence-electron chi connectivity index (χ1n) is 10.1. The summed E-state index contributed by atoms with van der Waals surface area (Å²) in [5, 5.41) is 4.67. The third-order valence-electron chi connectivity index (χ3n) is 6.07. The van der Waals surface area contributed by atoms with Crippen LogP contribution < -0.4 is 15.8 Å². The first-order chi connectivity index (χ1) is 13.6. The normalized spacial score (nSPS) is 18.8. The van der Waals surface area contributed by atoms with Crippen molar-refractivity contribution in [1.29, 1.82) is 0 Å². The quantitative estimate of drug-likeness (QED) is 0.814. The maximum atomic E-state index is 13.1. The van der Waals surface area contributed by atoms with Gasteiger partial charge in [-0.05, 0) is 37.0 Å². The molecule has 6 heteroatoms. The average Bonchev–Trinajstić information content (AvgIpc) is 3.34. The monoisotopic (exact) mass is 376 g/mol. The highest BCUT2D eigenvalue weighted by Gasteiger charge is 2.45. The summed E-state index contributed by atoms with van der Waals surface area (Å²) in [5.41, 5.74) is 6.14. The molecule has 0 unspecified atom stereocenters. The van der Waals surface area contributed by atoms with Crippen LogP contribution in [-0.4, -0.2) is 29.2 Å². The zero-order valence-corrected chi connectivity index (χ0v) is 15.9. The Kier molecular flexibility index (Phi) is 3.89. The molecule has 28 heavy (non-hydrogen) atoms. The summed E-state index contributed by atoms with van der Waals surface area (Å²) >= 11 is 0. The van der Waals surface area contributed by atoms with Crippen molar-refractivity contribution in [3.05, 3.63) is 37.7 Å². The number of fused-ring (bicyclic) bond motifs is 7. The standard InChI is InChI=1S/C22H21N3O3/c1-2-5-19(27)24-11-17-20-14-8-12(26)9-15(14)22-21(16(20)10-23-17)13-6-3-4-7-18(13)25(22)28/h8,10H,2-7,9,11H2,1H3/p+1. The molecule has 1 aromatic carbocycles. The molecule has 0 spiro atoms. The van der Waals surface area contributed by atoms with E-state index in [2.05, 4.69) is 10.3 Å². The second-order valence-corrected chi connectivity index (χ2v) is 7.85. The molecule has 0 aromatic heterocycles. The van der Waals surface area contributed by atoms with E-state index >= 15 is 0 Å². The molecule has 0 atom stereocenters. The Labute approximate surface area is 162 Å². The molecule has 2 aliphatic heterocycles. The number of allylic oxidation sites excluding steroid dienone is 2. The first kappa shape index (κ1) is 17.2. The summed E-state index contributed by atoms with van der Waals surface area (Å²) in [6.07, 6.45) is 8.77. The number of nitrogens with zero attached hydrogens (tertiary/aromatic N) is 2. The van der Waals surface area contributed by atoms with Gasteiger partial charge in [0.15, 0.2) is 5.78 Å². The molecule has 0 radical (unpaired) electrons. The van der Waals surface area contributed by atoms with Gasteiger partial charge >= 0.3 is 0 Å². The molecule has 6 nitrogen and oxygen atoms in total. The van der Waals surface area contributed by atoms with Crippen LogP contribution in [0.15, 0.2) is 10.7 Å². The summed E-state index contributed by atoms with van der Waals surface area (Å²) in [5.74, 6) is 0.0182. The van der Waals surface area contributed by atoms with E-state index in [-0.39, 0.29) is 18.1 Å². The number of amides is 1. The van der Waals surface area contributed by atoms with Gasteiger partial charge in [0, 0.05) is 52.3 Å². The highest BCUT2D eigenvalue weighted by Crippen LogP contribution is 2.47. The van der Waals surface area contributed by atoms with E-state index < -0.39 is 0 Å². The Bertz CT molecular complexity index is 1150. The third kappa shape index (κ3) is 2.37. The number of carbonyl (C=O) groups is 2. The largest absolute Gasteiger partial charge is 0.350 e. The van der Waals surface area contributed by atoms with Crippen LogP contribution >= 0.6 is 0 Å². The fourth-order valence-electron chi connectivity index (χ4n) is 4.88. The van der Waals surface area contributed by atoms with Crippen molar-refractivity contribution < 1.29 is 14.3 Å². The van der Waals surface area contributed by atoms with E-state index in [1.165, 1.54) is 0 Å². The minimum Gasteiger partial charge on any atom is -0.350 e. The van der Waals surface area contributed by atoms with Gasteiger partial charge in [-0.3, -0.25) is 14.6 Å². The fraction of sp³-hybridized carbons (Fsp3) is 0.409. The van der Waals surface area contributed by atoms with Gasteiger partial charge in [0.2, 0.25) is 11.6 Å². The van der Waals surface area contributed by atoms with Crippen LogP contribution in [0.4, 0.5) is 5.69 Å². The number of ketones is 1.